The number of benzene rings is 1. The zero-order valence-corrected chi connectivity index (χ0v) is 9.65. The SMILES string of the molecule is Nc1ccc(N2CC3CC(C2)S3(=O)=O)cc1. The lowest BCUT2D eigenvalue weighted by Crippen LogP contribution is -2.62. The van der Waals surface area contributed by atoms with Gasteiger partial charge in [0.05, 0.1) is 10.5 Å². The van der Waals surface area contributed by atoms with Crippen molar-refractivity contribution in [3.63, 3.8) is 0 Å². The van der Waals surface area contributed by atoms with Crippen LogP contribution >= 0.6 is 0 Å². The summed E-state index contributed by atoms with van der Waals surface area (Å²) in [6.45, 7) is 1.26. The van der Waals surface area contributed by atoms with Crippen molar-refractivity contribution in [1.29, 1.82) is 0 Å². The zero-order valence-electron chi connectivity index (χ0n) is 8.83. The minimum Gasteiger partial charge on any atom is -0.399 e. The first-order valence-corrected chi connectivity index (χ1v) is 7.01. The quantitative estimate of drug-likeness (QED) is 0.729. The molecule has 86 valence electrons. The summed E-state index contributed by atoms with van der Waals surface area (Å²) < 4.78 is 23.2. The third-order valence-corrected chi connectivity index (χ3v) is 6.10. The van der Waals surface area contributed by atoms with Crippen molar-refractivity contribution in [2.75, 3.05) is 23.7 Å². The molecule has 0 amide bonds. The fourth-order valence-corrected chi connectivity index (χ4v) is 4.49. The van der Waals surface area contributed by atoms with E-state index in [1.165, 1.54) is 0 Å². The number of sulfone groups is 1. The molecule has 1 aromatic carbocycles. The topological polar surface area (TPSA) is 63.4 Å². The standard InChI is InChI=1S/C11H14N2O2S/c12-8-1-3-9(4-2-8)13-6-10-5-11(7-13)16(10,14)15/h1-4,10-11H,5-7,12H2. The van der Waals surface area contributed by atoms with E-state index in [9.17, 15) is 8.42 Å². The summed E-state index contributed by atoms with van der Waals surface area (Å²) in [6.07, 6.45) is 0.841. The number of nitrogen functional groups attached to an aromatic ring is 1. The van der Waals surface area contributed by atoms with Crippen LogP contribution < -0.4 is 10.6 Å². The summed E-state index contributed by atoms with van der Waals surface area (Å²) in [5, 5.41) is -0.299. The lowest BCUT2D eigenvalue weighted by atomic mass is 10.1. The molecule has 3 fully saturated rings. The van der Waals surface area contributed by atoms with Crippen LogP contribution in [0.2, 0.25) is 0 Å². The molecule has 0 radical (unpaired) electrons. The van der Waals surface area contributed by atoms with Crippen molar-refractivity contribution in [1.82, 2.24) is 0 Å². The van der Waals surface area contributed by atoms with Gasteiger partial charge in [0.15, 0.2) is 9.84 Å². The van der Waals surface area contributed by atoms with Crippen molar-refractivity contribution >= 4 is 21.2 Å². The number of anilines is 2. The first kappa shape index (κ1) is 9.96. The third kappa shape index (κ3) is 1.31. The monoisotopic (exact) mass is 238 g/mol. The van der Waals surface area contributed by atoms with Gasteiger partial charge in [-0.3, -0.25) is 0 Å². The molecule has 5 heteroatoms. The first-order chi connectivity index (χ1) is 7.57. The normalized spacial score (nSPS) is 30.9. The number of nitrogens with two attached hydrogens (primary N) is 1. The summed E-state index contributed by atoms with van der Waals surface area (Å²) >= 11 is 0. The maximum absolute atomic E-state index is 11.6. The molecule has 0 spiro atoms. The summed E-state index contributed by atoms with van der Waals surface area (Å²) in [5.74, 6) is 0. The van der Waals surface area contributed by atoms with E-state index in [0.717, 1.165) is 17.8 Å². The van der Waals surface area contributed by atoms with E-state index in [-0.39, 0.29) is 10.5 Å². The van der Waals surface area contributed by atoms with Crippen molar-refractivity contribution in [3.05, 3.63) is 24.3 Å². The second-order valence-corrected chi connectivity index (χ2v) is 7.08. The Morgan fingerprint density at radius 2 is 1.69 bits per heavy atom. The number of fused-ring (bicyclic) bond motifs is 2. The Labute approximate surface area is 95.0 Å². The summed E-state index contributed by atoms with van der Waals surface area (Å²) in [5.41, 5.74) is 7.42. The van der Waals surface area contributed by atoms with Crippen molar-refractivity contribution < 1.29 is 8.42 Å². The number of rotatable bonds is 1. The van der Waals surface area contributed by atoms with E-state index < -0.39 is 9.84 Å². The lowest BCUT2D eigenvalue weighted by molar-refractivity contribution is 0.460. The summed E-state index contributed by atoms with van der Waals surface area (Å²) in [7, 11) is -2.78. The van der Waals surface area contributed by atoms with Gasteiger partial charge in [0, 0.05) is 24.5 Å². The van der Waals surface area contributed by atoms with Gasteiger partial charge < -0.3 is 10.6 Å². The van der Waals surface area contributed by atoms with Gasteiger partial charge in [-0.15, -0.1) is 0 Å². The van der Waals surface area contributed by atoms with Gasteiger partial charge in [0.1, 0.15) is 0 Å². The van der Waals surface area contributed by atoms with Crippen LogP contribution in [0.5, 0.6) is 0 Å². The molecule has 0 aromatic heterocycles. The van der Waals surface area contributed by atoms with E-state index in [0.29, 0.717) is 13.1 Å². The van der Waals surface area contributed by atoms with Crippen molar-refractivity contribution in [2.45, 2.75) is 16.9 Å². The highest BCUT2D eigenvalue weighted by Crippen LogP contribution is 2.37. The molecular weight excluding hydrogens is 224 g/mol. The van der Waals surface area contributed by atoms with Crippen LogP contribution in [0.15, 0.2) is 24.3 Å². The predicted molar refractivity (Wildman–Crippen MR) is 64.2 cm³/mol. The number of hydrogen-bond acceptors (Lipinski definition) is 4. The van der Waals surface area contributed by atoms with Crippen LogP contribution in [0.4, 0.5) is 11.4 Å². The Kier molecular flexibility index (Phi) is 1.95. The highest BCUT2D eigenvalue weighted by molar-refractivity contribution is 7.94. The van der Waals surface area contributed by atoms with Gasteiger partial charge in [0.2, 0.25) is 0 Å². The molecule has 3 heterocycles. The average Bonchev–Trinajstić information content (AvgIpc) is 2.30. The van der Waals surface area contributed by atoms with Crippen LogP contribution in [0.1, 0.15) is 6.42 Å². The molecule has 16 heavy (non-hydrogen) atoms. The minimum atomic E-state index is -2.78. The highest BCUT2D eigenvalue weighted by Gasteiger charge is 2.51. The highest BCUT2D eigenvalue weighted by atomic mass is 32.2. The second-order valence-electron chi connectivity index (χ2n) is 4.57. The van der Waals surface area contributed by atoms with Crippen molar-refractivity contribution in [3.8, 4) is 0 Å². The number of nitrogens with zero attached hydrogens (tertiary/aromatic N) is 1. The lowest BCUT2D eigenvalue weighted by Gasteiger charge is -2.47. The van der Waals surface area contributed by atoms with Gasteiger partial charge in [-0.2, -0.15) is 0 Å². The molecule has 2 unspecified atom stereocenters. The molecule has 1 aromatic rings. The van der Waals surface area contributed by atoms with Gasteiger partial charge in [-0.25, -0.2) is 8.42 Å². The first-order valence-electron chi connectivity index (χ1n) is 5.40. The molecule has 3 aliphatic heterocycles. The van der Waals surface area contributed by atoms with Crippen LogP contribution in [-0.2, 0) is 9.84 Å². The third-order valence-electron chi connectivity index (χ3n) is 3.56. The van der Waals surface area contributed by atoms with E-state index in [4.69, 9.17) is 5.73 Å². The largest absolute Gasteiger partial charge is 0.399 e. The van der Waals surface area contributed by atoms with Crippen LogP contribution in [0, 0.1) is 0 Å². The smallest absolute Gasteiger partial charge is 0.159 e. The Bertz CT molecular complexity index is 491. The Balaban J connectivity index is 1.83. The average molecular weight is 238 g/mol. The zero-order chi connectivity index (χ0) is 11.3. The molecule has 0 aliphatic carbocycles. The van der Waals surface area contributed by atoms with E-state index >= 15 is 0 Å². The van der Waals surface area contributed by atoms with Gasteiger partial charge in [-0.05, 0) is 30.7 Å². The van der Waals surface area contributed by atoms with Crippen LogP contribution in [-0.4, -0.2) is 32.0 Å². The molecule has 4 rings (SSSR count). The molecule has 2 atom stereocenters. The van der Waals surface area contributed by atoms with Gasteiger partial charge >= 0.3 is 0 Å². The minimum absolute atomic E-state index is 0.149. The van der Waals surface area contributed by atoms with Crippen LogP contribution in [0.3, 0.4) is 0 Å². The van der Waals surface area contributed by atoms with E-state index in [1.807, 2.05) is 24.3 Å². The van der Waals surface area contributed by atoms with Gasteiger partial charge in [-0.1, -0.05) is 0 Å². The maximum Gasteiger partial charge on any atom is 0.159 e. The molecular formula is C11H14N2O2S. The molecule has 2 bridgehead atoms. The number of piperidine rings is 1. The van der Waals surface area contributed by atoms with Gasteiger partial charge in [0.25, 0.3) is 0 Å². The summed E-state index contributed by atoms with van der Waals surface area (Å²) in [4.78, 5) is 2.14. The van der Waals surface area contributed by atoms with E-state index in [2.05, 4.69) is 4.90 Å². The van der Waals surface area contributed by atoms with Crippen molar-refractivity contribution in [2.24, 2.45) is 0 Å². The predicted octanol–water partition coefficient (Wildman–Crippen LogP) is 0.644. The number of hydrogen-bond donors (Lipinski definition) is 1. The molecule has 2 N–H and O–H groups in total. The second kappa shape index (κ2) is 3.13. The van der Waals surface area contributed by atoms with Crippen LogP contribution in [0.25, 0.3) is 0 Å². The Morgan fingerprint density at radius 3 is 2.19 bits per heavy atom. The Morgan fingerprint density at radius 1 is 1.12 bits per heavy atom. The summed E-state index contributed by atoms with van der Waals surface area (Å²) in [6, 6.07) is 7.60. The molecule has 4 nitrogen and oxygen atoms in total. The Hall–Kier alpha value is -1.23. The maximum atomic E-state index is 11.6. The fraction of sp³-hybridized carbons (Fsp3) is 0.455. The van der Waals surface area contributed by atoms with E-state index in [1.54, 1.807) is 0 Å². The molecule has 3 aliphatic rings. The molecule has 0 saturated carbocycles. The fourth-order valence-electron chi connectivity index (χ4n) is 2.53. The molecule has 3 saturated heterocycles.